The van der Waals surface area contributed by atoms with Gasteiger partial charge in [0.25, 0.3) is 0 Å². The van der Waals surface area contributed by atoms with Gasteiger partial charge in [0.05, 0.1) is 17.2 Å². The largest absolute Gasteiger partial charge is 0.416 e. The maximum atomic E-state index is 12.6. The number of hydrogen-bond acceptors (Lipinski definition) is 1. The molecule has 0 aromatic heterocycles. The predicted octanol–water partition coefficient (Wildman–Crippen LogP) is 5.49. The minimum Gasteiger partial charge on any atom is -0.166 e. The van der Waals surface area contributed by atoms with Crippen molar-refractivity contribution in [2.24, 2.45) is 5.11 Å². The van der Waals surface area contributed by atoms with Gasteiger partial charge in [0.2, 0.25) is 0 Å². The van der Waals surface area contributed by atoms with Gasteiger partial charge < -0.3 is 0 Å². The lowest BCUT2D eigenvalue weighted by Gasteiger charge is -2.16. The van der Waals surface area contributed by atoms with Crippen molar-refractivity contribution in [1.82, 2.24) is 0 Å². The molecule has 0 N–H and O–H groups in total. The molecule has 0 saturated heterocycles. The van der Waals surface area contributed by atoms with Crippen molar-refractivity contribution in [1.29, 1.82) is 0 Å². The Morgan fingerprint density at radius 3 is 1.80 bits per heavy atom. The van der Waals surface area contributed by atoms with Crippen molar-refractivity contribution < 1.29 is 26.3 Å². The second kappa shape index (κ2) is 5.62. The van der Waals surface area contributed by atoms with Gasteiger partial charge >= 0.3 is 12.4 Å². The molecule has 110 valence electrons. The van der Waals surface area contributed by atoms with E-state index in [0.29, 0.717) is 12.1 Å². The molecule has 0 amide bonds. The van der Waals surface area contributed by atoms with Crippen LogP contribution < -0.4 is 0 Å². The molecule has 0 radical (unpaired) electrons. The summed E-state index contributed by atoms with van der Waals surface area (Å²) in [6.07, 6.45) is -9.74. The summed E-state index contributed by atoms with van der Waals surface area (Å²) in [6.45, 7) is 1.49. The summed E-state index contributed by atoms with van der Waals surface area (Å²) in [6, 6.07) is 0.0889. The van der Waals surface area contributed by atoms with Crippen molar-refractivity contribution in [2.75, 3.05) is 0 Å². The second-order valence-corrected chi connectivity index (χ2v) is 3.97. The van der Waals surface area contributed by atoms with Crippen LogP contribution in [0.1, 0.15) is 36.1 Å². The summed E-state index contributed by atoms with van der Waals surface area (Å²) < 4.78 is 75.7. The first-order chi connectivity index (χ1) is 9.09. The Hall–Kier alpha value is -1.89. The van der Waals surface area contributed by atoms with Crippen LogP contribution in [0.25, 0.3) is 10.4 Å². The number of nitrogens with zero attached hydrogens (tertiary/aromatic N) is 3. The van der Waals surface area contributed by atoms with Crippen LogP contribution in [0.15, 0.2) is 23.3 Å². The number of halogens is 6. The van der Waals surface area contributed by atoms with E-state index in [1.54, 1.807) is 0 Å². The average molecular weight is 297 g/mol. The standard InChI is InChI=1S/C11H9F6N3/c1-2-9(19-20-18)6-3-7(10(12,13)14)5-8(4-6)11(15,16)17/h3-5,9H,2H2,1H3. The first-order valence-electron chi connectivity index (χ1n) is 5.43. The summed E-state index contributed by atoms with van der Waals surface area (Å²) in [7, 11) is 0. The van der Waals surface area contributed by atoms with Crippen LogP contribution in [0.4, 0.5) is 26.3 Å². The molecule has 0 heterocycles. The van der Waals surface area contributed by atoms with Gasteiger partial charge in [-0.2, -0.15) is 26.3 Å². The quantitative estimate of drug-likeness (QED) is 0.307. The summed E-state index contributed by atoms with van der Waals surface area (Å²) in [5.74, 6) is 0. The third-order valence-corrected chi connectivity index (χ3v) is 2.57. The van der Waals surface area contributed by atoms with E-state index >= 15 is 0 Å². The van der Waals surface area contributed by atoms with E-state index in [9.17, 15) is 26.3 Å². The second-order valence-electron chi connectivity index (χ2n) is 3.97. The highest BCUT2D eigenvalue weighted by molar-refractivity contribution is 5.35. The molecular formula is C11H9F6N3. The molecule has 0 spiro atoms. The summed E-state index contributed by atoms with van der Waals surface area (Å²) in [5, 5.41) is 3.21. The summed E-state index contributed by atoms with van der Waals surface area (Å²) in [4.78, 5) is 2.43. The zero-order valence-electron chi connectivity index (χ0n) is 10.1. The van der Waals surface area contributed by atoms with Crippen molar-refractivity contribution in [3.63, 3.8) is 0 Å². The lowest BCUT2D eigenvalue weighted by molar-refractivity contribution is -0.143. The Labute approximate surface area is 109 Å². The van der Waals surface area contributed by atoms with E-state index in [2.05, 4.69) is 10.0 Å². The molecule has 1 rings (SSSR count). The van der Waals surface area contributed by atoms with Crippen LogP contribution in [-0.4, -0.2) is 0 Å². The zero-order valence-corrected chi connectivity index (χ0v) is 10.1. The highest BCUT2D eigenvalue weighted by atomic mass is 19.4. The Bertz CT molecular complexity index is 496. The van der Waals surface area contributed by atoms with Crippen molar-refractivity contribution in [2.45, 2.75) is 31.7 Å². The molecule has 20 heavy (non-hydrogen) atoms. The molecule has 0 saturated carbocycles. The molecule has 1 atom stereocenters. The molecular weight excluding hydrogens is 288 g/mol. The molecule has 1 aromatic carbocycles. The number of benzene rings is 1. The van der Waals surface area contributed by atoms with Crippen LogP contribution in [0, 0.1) is 0 Å². The maximum absolute atomic E-state index is 12.6. The Morgan fingerprint density at radius 1 is 1.05 bits per heavy atom. The fourth-order valence-corrected chi connectivity index (χ4v) is 1.62. The molecule has 3 nitrogen and oxygen atoms in total. The number of alkyl halides is 6. The smallest absolute Gasteiger partial charge is 0.166 e. The monoisotopic (exact) mass is 297 g/mol. The fourth-order valence-electron chi connectivity index (χ4n) is 1.62. The SMILES string of the molecule is CCC(N=[N+]=[N-])c1cc(C(F)(F)F)cc(C(F)(F)F)c1. The Balaban J connectivity index is 3.48. The van der Waals surface area contributed by atoms with Crippen LogP contribution >= 0.6 is 0 Å². The van der Waals surface area contributed by atoms with Crippen LogP contribution in [0.5, 0.6) is 0 Å². The maximum Gasteiger partial charge on any atom is 0.416 e. The van der Waals surface area contributed by atoms with E-state index in [1.165, 1.54) is 6.92 Å². The van der Waals surface area contributed by atoms with Gasteiger partial charge in [0.15, 0.2) is 0 Å². The topological polar surface area (TPSA) is 48.8 Å². The number of azide groups is 1. The molecule has 0 aliphatic carbocycles. The zero-order chi connectivity index (χ0) is 15.6. The Kier molecular flexibility index (Phi) is 4.54. The lowest BCUT2D eigenvalue weighted by Crippen LogP contribution is -2.12. The highest BCUT2D eigenvalue weighted by Gasteiger charge is 2.37. The number of rotatable bonds is 3. The van der Waals surface area contributed by atoms with Crippen molar-refractivity contribution in [3.05, 3.63) is 45.3 Å². The summed E-state index contributed by atoms with van der Waals surface area (Å²) in [5.41, 5.74) is 5.14. The molecule has 0 bridgehead atoms. The minimum absolute atomic E-state index is 0.0340. The third kappa shape index (κ3) is 3.80. The van der Waals surface area contributed by atoms with Crippen LogP contribution in [-0.2, 0) is 12.4 Å². The third-order valence-electron chi connectivity index (χ3n) is 2.57. The van der Waals surface area contributed by atoms with E-state index < -0.39 is 29.5 Å². The molecule has 0 fully saturated rings. The van der Waals surface area contributed by atoms with Gasteiger partial charge in [0.1, 0.15) is 0 Å². The first-order valence-corrected chi connectivity index (χ1v) is 5.43. The van der Waals surface area contributed by atoms with Crippen molar-refractivity contribution >= 4 is 0 Å². The van der Waals surface area contributed by atoms with Gasteiger partial charge in [-0.1, -0.05) is 12.0 Å². The van der Waals surface area contributed by atoms with Gasteiger partial charge in [-0.15, -0.1) is 0 Å². The van der Waals surface area contributed by atoms with Gasteiger partial charge in [-0.3, -0.25) is 0 Å². The highest BCUT2D eigenvalue weighted by Crippen LogP contribution is 2.38. The van der Waals surface area contributed by atoms with Crippen LogP contribution in [0.3, 0.4) is 0 Å². The lowest BCUT2D eigenvalue weighted by atomic mass is 9.98. The van der Waals surface area contributed by atoms with Gasteiger partial charge in [-0.25, -0.2) is 0 Å². The van der Waals surface area contributed by atoms with E-state index in [4.69, 9.17) is 5.53 Å². The van der Waals surface area contributed by atoms with E-state index in [0.717, 1.165) is 0 Å². The molecule has 9 heteroatoms. The van der Waals surface area contributed by atoms with Crippen molar-refractivity contribution in [3.8, 4) is 0 Å². The predicted molar refractivity (Wildman–Crippen MR) is 58.6 cm³/mol. The molecule has 0 aliphatic heterocycles. The first kappa shape index (κ1) is 16.2. The fraction of sp³-hybridized carbons (Fsp3) is 0.455. The van der Waals surface area contributed by atoms with E-state index in [-0.39, 0.29) is 18.1 Å². The molecule has 0 aliphatic rings. The summed E-state index contributed by atoms with van der Waals surface area (Å²) >= 11 is 0. The molecule has 1 aromatic rings. The Morgan fingerprint density at radius 2 is 1.50 bits per heavy atom. The average Bonchev–Trinajstić information content (AvgIpc) is 2.33. The normalized spacial score (nSPS) is 13.8. The van der Waals surface area contributed by atoms with E-state index in [1.807, 2.05) is 0 Å². The van der Waals surface area contributed by atoms with Gasteiger partial charge in [0, 0.05) is 4.91 Å². The molecule has 1 unspecified atom stereocenters. The number of hydrogen-bond donors (Lipinski definition) is 0. The minimum atomic E-state index is -4.91. The van der Waals surface area contributed by atoms with Gasteiger partial charge in [-0.05, 0) is 35.7 Å². The van der Waals surface area contributed by atoms with Crippen LogP contribution in [0.2, 0.25) is 0 Å².